The average molecular weight is 253 g/mol. The highest BCUT2D eigenvalue weighted by Crippen LogP contribution is 2.21. The molecule has 0 saturated carbocycles. The number of hydrogen-bond acceptors (Lipinski definition) is 3. The highest BCUT2D eigenvalue weighted by molar-refractivity contribution is 7.89. The number of carboxylic acid groups (broad SMARTS) is 1. The number of sulfone groups is 1. The molecule has 0 bridgehead atoms. The molecule has 0 saturated heterocycles. The Morgan fingerprint density at radius 1 is 1.41 bits per heavy atom. The van der Waals surface area contributed by atoms with Crippen LogP contribution in [0.1, 0.15) is 16.1 Å². The Balaban J connectivity index is 2.58. The Kier molecular flexibility index (Phi) is 2.66. The third kappa shape index (κ3) is 2.47. The topological polar surface area (TPSA) is 87.2 Å². The standard InChI is InChI=1S/C11H11NO4S/c1-17(15,16)6-7-5-9-8(11(13)14)3-2-4-10(9)12-7/h2-5,12H,6H2,1H3,(H,13,14). The molecule has 17 heavy (non-hydrogen) atoms. The number of benzene rings is 1. The molecule has 2 rings (SSSR count). The molecule has 6 heteroatoms. The van der Waals surface area contributed by atoms with Gasteiger partial charge in [-0.1, -0.05) is 6.07 Å². The summed E-state index contributed by atoms with van der Waals surface area (Å²) in [6.45, 7) is 0. The number of aromatic carboxylic acids is 1. The molecule has 0 atom stereocenters. The van der Waals surface area contributed by atoms with Crippen LogP contribution in [-0.2, 0) is 15.6 Å². The van der Waals surface area contributed by atoms with Crippen molar-refractivity contribution in [3.63, 3.8) is 0 Å². The van der Waals surface area contributed by atoms with Crippen molar-refractivity contribution in [2.24, 2.45) is 0 Å². The number of aromatic amines is 1. The summed E-state index contributed by atoms with van der Waals surface area (Å²) in [7, 11) is -3.14. The van der Waals surface area contributed by atoms with Gasteiger partial charge in [0.25, 0.3) is 0 Å². The SMILES string of the molecule is CS(=O)(=O)Cc1cc2c(C(=O)O)cccc2[nH]1. The number of carbonyl (C=O) groups is 1. The molecular formula is C11H11NO4S. The number of hydrogen-bond donors (Lipinski definition) is 2. The van der Waals surface area contributed by atoms with E-state index in [9.17, 15) is 13.2 Å². The maximum absolute atomic E-state index is 11.2. The zero-order valence-electron chi connectivity index (χ0n) is 9.10. The maximum Gasteiger partial charge on any atom is 0.336 e. The van der Waals surface area contributed by atoms with E-state index in [1.807, 2.05) is 0 Å². The van der Waals surface area contributed by atoms with E-state index >= 15 is 0 Å². The molecular weight excluding hydrogens is 242 g/mol. The largest absolute Gasteiger partial charge is 0.478 e. The van der Waals surface area contributed by atoms with Crippen LogP contribution in [-0.4, -0.2) is 30.7 Å². The molecule has 0 spiro atoms. The second-order valence-electron chi connectivity index (χ2n) is 3.94. The summed E-state index contributed by atoms with van der Waals surface area (Å²) in [5, 5.41) is 9.52. The Bertz CT molecular complexity index is 685. The summed E-state index contributed by atoms with van der Waals surface area (Å²) in [4.78, 5) is 13.9. The molecule has 1 aromatic carbocycles. The van der Waals surface area contributed by atoms with Crippen LogP contribution in [0.25, 0.3) is 10.9 Å². The van der Waals surface area contributed by atoms with Gasteiger partial charge in [-0.15, -0.1) is 0 Å². The fourth-order valence-electron chi connectivity index (χ4n) is 1.76. The zero-order chi connectivity index (χ0) is 12.6. The van der Waals surface area contributed by atoms with Gasteiger partial charge in [-0.2, -0.15) is 0 Å². The first-order valence-corrected chi connectivity index (χ1v) is 6.94. The second kappa shape index (κ2) is 3.89. The van der Waals surface area contributed by atoms with Gasteiger partial charge in [0.15, 0.2) is 9.84 Å². The van der Waals surface area contributed by atoms with Crippen LogP contribution in [0.15, 0.2) is 24.3 Å². The molecule has 2 N–H and O–H groups in total. The normalized spacial score (nSPS) is 11.8. The molecule has 0 unspecified atom stereocenters. The first-order chi connectivity index (χ1) is 7.87. The number of rotatable bonds is 3. The molecule has 0 aliphatic rings. The molecule has 2 aromatic rings. The fourth-order valence-corrected chi connectivity index (χ4v) is 2.48. The van der Waals surface area contributed by atoms with E-state index in [4.69, 9.17) is 5.11 Å². The van der Waals surface area contributed by atoms with Crippen LogP contribution < -0.4 is 0 Å². The van der Waals surface area contributed by atoms with Crippen molar-refractivity contribution in [2.75, 3.05) is 6.26 Å². The highest BCUT2D eigenvalue weighted by Gasteiger charge is 2.12. The van der Waals surface area contributed by atoms with E-state index in [-0.39, 0.29) is 11.3 Å². The number of carboxylic acids is 1. The average Bonchev–Trinajstić information content (AvgIpc) is 2.55. The number of H-pyrrole nitrogens is 1. The van der Waals surface area contributed by atoms with E-state index in [0.717, 1.165) is 6.26 Å². The number of nitrogens with one attached hydrogen (secondary N) is 1. The molecule has 1 heterocycles. The minimum atomic E-state index is -3.14. The van der Waals surface area contributed by atoms with E-state index in [2.05, 4.69) is 4.98 Å². The molecule has 0 amide bonds. The Morgan fingerprint density at radius 3 is 2.71 bits per heavy atom. The second-order valence-corrected chi connectivity index (χ2v) is 6.08. The Morgan fingerprint density at radius 2 is 2.12 bits per heavy atom. The molecule has 0 aliphatic heterocycles. The van der Waals surface area contributed by atoms with Crippen molar-refractivity contribution < 1.29 is 18.3 Å². The van der Waals surface area contributed by atoms with Gasteiger partial charge in [0.1, 0.15) is 0 Å². The first-order valence-electron chi connectivity index (χ1n) is 4.88. The van der Waals surface area contributed by atoms with Crippen molar-refractivity contribution in [1.29, 1.82) is 0 Å². The summed E-state index contributed by atoms with van der Waals surface area (Å²) >= 11 is 0. The predicted octanol–water partition coefficient (Wildman–Crippen LogP) is 1.41. The van der Waals surface area contributed by atoms with E-state index in [0.29, 0.717) is 16.6 Å². The van der Waals surface area contributed by atoms with Gasteiger partial charge in [-0.25, -0.2) is 13.2 Å². The first kappa shape index (κ1) is 11.7. The third-order valence-corrected chi connectivity index (χ3v) is 3.20. The van der Waals surface area contributed by atoms with Crippen LogP contribution in [0.3, 0.4) is 0 Å². The minimum absolute atomic E-state index is 0.124. The van der Waals surface area contributed by atoms with Crippen molar-refractivity contribution in [1.82, 2.24) is 4.98 Å². The smallest absolute Gasteiger partial charge is 0.336 e. The van der Waals surface area contributed by atoms with Gasteiger partial charge >= 0.3 is 5.97 Å². The summed E-state index contributed by atoms with van der Waals surface area (Å²) in [6, 6.07) is 6.39. The summed E-state index contributed by atoms with van der Waals surface area (Å²) in [5.41, 5.74) is 1.29. The lowest BCUT2D eigenvalue weighted by Crippen LogP contribution is -2.00. The van der Waals surface area contributed by atoms with Gasteiger partial charge < -0.3 is 10.1 Å². The van der Waals surface area contributed by atoms with Gasteiger partial charge in [0.2, 0.25) is 0 Å². The van der Waals surface area contributed by atoms with Crippen LogP contribution in [0.2, 0.25) is 0 Å². The summed E-state index contributed by atoms with van der Waals surface area (Å²) in [6.07, 6.45) is 1.14. The van der Waals surface area contributed by atoms with Crippen LogP contribution in [0.4, 0.5) is 0 Å². The highest BCUT2D eigenvalue weighted by atomic mass is 32.2. The lowest BCUT2D eigenvalue weighted by Gasteiger charge is -1.94. The fraction of sp³-hybridized carbons (Fsp3) is 0.182. The Hall–Kier alpha value is -1.82. The Labute approximate surface area is 98.0 Å². The molecule has 0 radical (unpaired) electrons. The van der Waals surface area contributed by atoms with Crippen LogP contribution in [0, 0.1) is 0 Å². The number of fused-ring (bicyclic) bond motifs is 1. The lowest BCUT2D eigenvalue weighted by atomic mass is 10.1. The predicted molar refractivity (Wildman–Crippen MR) is 63.8 cm³/mol. The summed E-state index contributed by atoms with van der Waals surface area (Å²) < 4.78 is 22.3. The van der Waals surface area contributed by atoms with Crippen LogP contribution in [0.5, 0.6) is 0 Å². The van der Waals surface area contributed by atoms with E-state index in [1.54, 1.807) is 18.2 Å². The van der Waals surface area contributed by atoms with Crippen molar-refractivity contribution in [3.05, 3.63) is 35.5 Å². The third-order valence-electron chi connectivity index (χ3n) is 2.37. The molecule has 5 nitrogen and oxygen atoms in total. The monoisotopic (exact) mass is 253 g/mol. The van der Waals surface area contributed by atoms with Gasteiger partial charge in [-0.05, 0) is 18.2 Å². The van der Waals surface area contributed by atoms with E-state index in [1.165, 1.54) is 6.07 Å². The van der Waals surface area contributed by atoms with Crippen molar-refractivity contribution in [2.45, 2.75) is 5.75 Å². The van der Waals surface area contributed by atoms with E-state index < -0.39 is 15.8 Å². The molecule has 0 aliphatic carbocycles. The number of aromatic nitrogens is 1. The minimum Gasteiger partial charge on any atom is -0.478 e. The quantitative estimate of drug-likeness (QED) is 0.865. The molecule has 0 fully saturated rings. The van der Waals surface area contributed by atoms with Gasteiger partial charge in [0, 0.05) is 22.9 Å². The zero-order valence-corrected chi connectivity index (χ0v) is 9.91. The van der Waals surface area contributed by atoms with Crippen molar-refractivity contribution in [3.8, 4) is 0 Å². The molecule has 1 aromatic heterocycles. The van der Waals surface area contributed by atoms with Crippen LogP contribution >= 0.6 is 0 Å². The maximum atomic E-state index is 11.2. The van der Waals surface area contributed by atoms with Gasteiger partial charge in [0.05, 0.1) is 11.3 Å². The lowest BCUT2D eigenvalue weighted by molar-refractivity contribution is 0.0699. The summed E-state index contributed by atoms with van der Waals surface area (Å²) in [5.74, 6) is -1.15. The molecule has 90 valence electrons. The van der Waals surface area contributed by atoms with Crippen molar-refractivity contribution >= 4 is 26.7 Å². The van der Waals surface area contributed by atoms with Gasteiger partial charge in [-0.3, -0.25) is 0 Å².